The van der Waals surface area contributed by atoms with Crippen molar-refractivity contribution in [3.05, 3.63) is 124 Å². The van der Waals surface area contributed by atoms with E-state index in [1.165, 1.54) is 24.5 Å². The van der Waals surface area contributed by atoms with Crippen LogP contribution < -0.4 is 26.8 Å². The van der Waals surface area contributed by atoms with E-state index in [-0.39, 0.29) is 61.4 Å². The lowest BCUT2D eigenvalue weighted by Gasteiger charge is -2.34. The van der Waals surface area contributed by atoms with Crippen LogP contribution in [-0.4, -0.2) is 122 Å². The fourth-order valence-electron chi connectivity index (χ4n) is 6.68. The van der Waals surface area contributed by atoms with Crippen molar-refractivity contribution < 1.29 is 23.5 Å². The number of aromatic nitrogens is 7. The molecule has 4 heterocycles. The highest BCUT2D eigenvalue weighted by Gasteiger charge is 2.25. The molecule has 0 saturated carbocycles. The summed E-state index contributed by atoms with van der Waals surface area (Å²) in [6, 6.07) is 20.3. The van der Waals surface area contributed by atoms with E-state index >= 15 is 0 Å². The van der Waals surface area contributed by atoms with Crippen LogP contribution in [0.25, 0.3) is 11.0 Å². The maximum atomic E-state index is 13.9. The van der Waals surface area contributed by atoms with Crippen LogP contribution in [0.5, 0.6) is 0 Å². The maximum absolute atomic E-state index is 13.9. The minimum atomic E-state index is -0.848. The number of hydrogen-bond donors (Lipinski definition) is 6. The number of imidazole rings is 1. The zero-order chi connectivity index (χ0) is 43.3. The normalized spacial score (nSPS) is 13.3. The number of methoxy groups -OCH3 is 1. The van der Waals surface area contributed by atoms with Gasteiger partial charge < -0.3 is 45.6 Å². The largest absolute Gasteiger partial charge is 0.382 e. The highest BCUT2D eigenvalue weighted by atomic mass is 19.1. The number of halogens is 1. The zero-order valence-electron chi connectivity index (χ0n) is 33.9. The van der Waals surface area contributed by atoms with Gasteiger partial charge in [0.1, 0.15) is 17.7 Å². The van der Waals surface area contributed by atoms with E-state index < -0.39 is 17.5 Å². The molecule has 6 aromatic rings. The third kappa shape index (κ3) is 11.7. The Morgan fingerprint density at radius 1 is 0.935 bits per heavy atom. The zero-order valence-corrected chi connectivity index (χ0v) is 33.9. The lowest BCUT2D eigenvalue weighted by molar-refractivity contribution is -0.122. The average Bonchev–Trinajstić information content (AvgIpc) is 3.69. The number of ether oxygens (including phenoxy) is 2. The lowest BCUT2D eigenvalue weighted by Crippen LogP contribution is -2.49. The number of nitrogens with zero attached hydrogens (tertiary/aromatic N) is 8. The smallest absolute Gasteiger partial charge is 0.279 e. The van der Waals surface area contributed by atoms with Gasteiger partial charge in [-0.2, -0.15) is 20.2 Å². The van der Waals surface area contributed by atoms with Gasteiger partial charge in [0.05, 0.1) is 49.0 Å². The Labute approximate surface area is 355 Å². The molecule has 6 N–H and O–H groups in total. The molecule has 3 aromatic heterocycles. The Kier molecular flexibility index (Phi) is 14.3. The van der Waals surface area contributed by atoms with E-state index in [2.05, 4.69) is 67.1 Å². The van der Waals surface area contributed by atoms with Gasteiger partial charge in [0.25, 0.3) is 11.5 Å². The summed E-state index contributed by atoms with van der Waals surface area (Å²) in [4.78, 5) is 70.6. The second kappa shape index (κ2) is 20.8. The number of amides is 2. The van der Waals surface area contributed by atoms with Crippen LogP contribution >= 0.6 is 0 Å². The number of aromatic amines is 2. The first-order chi connectivity index (χ1) is 30.2. The first-order valence-corrected chi connectivity index (χ1v) is 19.9. The van der Waals surface area contributed by atoms with Crippen molar-refractivity contribution in [2.45, 2.75) is 25.6 Å². The van der Waals surface area contributed by atoms with Crippen LogP contribution in [0.1, 0.15) is 33.0 Å². The molecule has 0 aliphatic carbocycles. The SMILES string of the molecule is COCCOCCNC(=O)[C@H](Cc1ccc(C#N)cc1)Nc1nc(NCc2nc3ccc(F)cc3[nH]2)nc(Nc2cccc(CN3CCN(C(=O)c4ncc[nH]c4=O)CC3)c2)n1. The van der Waals surface area contributed by atoms with E-state index in [1.807, 2.05) is 24.3 Å². The molecule has 3 aromatic carbocycles. The molecule has 7 rings (SSSR count). The summed E-state index contributed by atoms with van der Waals surface area (Å²) in [5.41, 5.74) is 3.48. The van der Waals surface area contributed by atoms with Crippen molar-refractivity contribution in [2.75, 3.05) is 75.6 Å². The van der Waals surface area contributed by atoms with Crippen molar-refractivity contribution in [3.8, 4) is 6.07 Å². The van der Waals surface area contributed by atoms with Gasteiger partial charge in [-0.3, -0.25) is 19.3 Å². The summed E-state index contributed by atoms with van der Waals surface area (Å²) in [6.45, 7) is 4.21. The predicted molar refractivity (Wildman–Crippen MR) is 227 cm³/mol. The van der Waals surface area contributed by atoms with Gasteiger partial charge in [-0.05, 0) is 53.6 Å². The summed E-state index contributed by atoms with van der Waals surface area (Å²) in [7, 11) is 1.58. The van der Waals surface area contributed by atoms with Gasteiger partial charge in [-0.15, -0.1) is 0 Å². The number of rotatable bonds is 19. The molecule has 1 saturated heterocycles. The standard InChI is InChI=1S/C42H45FN14O5/c1-61-19-20-62-18-13-47-37(58)34(22-27-5-7-28(24-44)8-6-27)52-42-54-40(48-25-35-50-32-10-9-30(43)23-33(32)51-35)53-41(55-42)49-31-4-2-3-29(21-31)26-56-14-16-57(17-15-56)39(60)36-38(59)46-12-11-45-36/h2-12,21,23,34H,13-20,22,25-26H2,1H3,(H,46,59)(H,47,58)(H,50,51)(H3,48,49,52,53,54,55)/t34-/m0/s1. The van der Waals surface area contributed by atoms with E-state index in [4.69, 9.17) is 9.47 Å². The number of nitriles is 1. The van der Waals surface area contributed by atoms with Crippen molar-refractivity contribution >= 4 is 46.4 Å². The Balaban J connectivity index is 1.08. The number of hydrogen-bond acceptors (Lipinski definition) is 15. The molecular formula is C42H45FN14O5. The number of carbonyl (C=O) groups excluding carboxylic acids is 2. The minimum Gasteiger partial charge on any atom is -0.382 e. The second-order valence-electron chi connectivity index (χ2n) is 14.3. The Morgan fingerprint density at radius 3 is 2.53 bits per heavy atom. The summed E-state index contributed by atoms with van der Waals surface area (Å²) in [6.07, 6.45) is 3.02. The number of benzene rings is 3. The molecule has 2 amide bonds. The summed E-state index contributed by atoms with van der Waals surface area (Å²) in [5, 5.41) is 21.9. The van der Waals surface area contributed by atoms with Gasteiger partial charge in [-0.1, -0.05) is 24.3 Å². The first kappa shape index (κ1) is 42.8. The summed E-state index contributed by atoms with van der Waals surface area (Å²) < 4.78 is 24.4. The molecule has 0 unspecified atom stereocenters. The van der Waals surface area contributed by atoms with E-state index in [9.17, 15) is 24.0 Å². The number of carbonyl (C=O) groups is 2. The van der Waals surface area contributed by atoms with Crippen molar-refractivity contribution in [1.29, 1.82) is 5.26 Å². The van der Waals surface area contributed by atoms with Crippen molar-refractivity contribution in [1.82, 2.24) is 50.0 Å². The van der Waals surface area contributed by atoms with Crippen LogP contribution in [0.4, 0.5) is 27.9 Å². The molecule has 62 heavy (non-hydrogen) atoms. The molecule has 1 aliphatic rings. The molecule has 1 fully saturated rings. The summed E-state index contributed by atoms with van der Waals surface area (Å²) >= 11 is 0. The molecule has 19 nitrogen and oxygen atoms in total. The number of H-pyrrole nitrogens is 2. The van der Waals surface area contributed by atoms with Crippen LogP contribution in [0.2, 0.25) is 0 Å². The minimum absolute atomic E-state index is 0.0954. The second-order valence-corrected chi connectivity index (χ2v) is 14.3. The number of anilines is 4. The monoisotopic (exact) mass is 844 g/mol. The maximum Gasteiger partial charge on any atom is 0.279 e. The Morgan fingerprint density at radius 2 is 1.74 bits per heavy atom. The molecule has 1 aliphatic heterocycles. The van der Waals surface area contributed by atoms with Crippen LogP contribution in [0, 0.1) is 17.1 Å². The molecule has 0 bridgehead atoms. The highest BCUT2D eigenvalue weighted by Crippen LogP contribution is 2.21. The van der Waals surface area contributed by atoms with Crippen molar-refractivity contribution in [2.24, 2.45) is 0 Å². The van der Waals surface area contributed by atoms with Crippen LogP contribution in [-0.2, 0) is 33.8 Å². The van der Waals surface area contributed by atoms with Gasteiger partial charge in [0.15, 0.2) is 5.69 Å². The molecule has 1 atom stereocenters. The van der Waals surface area contributed by atoms with E-state index in [0.717, 1.165) is 11.1 Å². The predicted octanol–water partition coefficient (Wildman–Crippen LogP) is 2.96. The van der Waals surface area contributed by atoms with Gasteiger partial charge in [-0.25, -0.2) is 14.4 Å². The molecule has 0 spiro atoms. The lowest BCUT2D eigenvalue weighted by atomic mass is 10.0. The van der Waals surface area contributed by atoms with Gasteiger partial charge in [0.2, 0.25) is 23.8 Å². The highest BCUT2D eigenvalue weighted by molar-refractivity contribution is 5.92. The average molecular weight is 845 g/mol. The van der Waals surface area contributed by atoms with Crippen LogP contribution in [0.3, 0.4) is 0 Å². The Bertz CT molecular complexity index is 2570. The molecule has 20 heteroatoms. The van der Waals surface area contributed by atoms with Crippen LogP contribution in [0.15, 0.2) is 83.9 Å². The van der Waals surface area contributed by atoms with E-state index in [0.29, 0.717) is 74.0 Å². The molecular weight excluding hydrogens is 800 g/mol. The third-order valence-corrected chi connectivity index (χ3v) is 9.82. The summed E-state index contributed by atoms with van der Waals surface area (Å²) in [5.74, 6) is -0.155. The fraction of sp³-hybridized carbons (Fsp3) is 0.310. The molecule has 320 valence electrons. The number of fused-ring (bicyclic) bond motifs is 1. The Hall–Kier alpha value is -7.34. The fourth-order valence-corrected chi connectivity index (χ4v) is 6.68. The van der Waals surface area contributed by atoms with Crippen molar-refractivity contribution in [3.63, 3.8) is 0 Å². The van der Waals surface area contributed by atoms with E-state index in [1.54, 1.807) is 42.3 Å². The quantitative estimate of drug-likeness (QED) is 0.0642. The number of piperazine rings is 1. The first-order valence-electron chi connectivity index (χ1n) is 19.9. The van der Waals surface area contributed by atoms with Gasteiger partial charge in [0, 0.05) is 70.9 Å². The third-order valence-electron chi connectivity index (χ3n) is 9.82. The number of nitrogens with one attached hydrogen (secondary N) is 6. The topological polar surface area (TPSA) is 244 Å². The molecule has 0 radical (unpaired) electrons. The van der Waals surface area contributed by atoms with Gasteiger partial charge >= 0.3 is 0 Å².